The van der Waals surface area contributed by atoms with Crippen LogP contribution in [0.25, 0.3) is 0 Å². The second-order valence-electron chi connectivity index (χ2n) is 5.15. The first-order chi connectivity index (χ1) is 8.20. The molecule has 1 aliphatic carbocycles. The van der Waals surface area contributed by atoms with E-state index in [9.17, 15) is 0 Å². The van der Waals surface area contributed by atoms with E-state index < -0.39 is 0 Å². The summed E-state index contributed by atoms with van der Waals surface area (Å²) in [4.78, 5) is 6.83. The molecule has 17 heavy (non-hydrogen) atoms. The fraction of sp³-hybridized carbons (Fsp3) is 0.643. The number of halogens is 1. The highest BCUT2D eigenvalue weighted by Gasteiger charge is 2.18. The molecule has 1 saturated carbocycles. The third kappa shape index (κ3) is 3.12. The van der Waals surface area contributed by atoms with Gasteiger partial charge >= 0.3 is 0 Å². The van der Waals surface area contributed by atoms with Crippen LogP contribution < -0.4 is 4.90 Å². The summed E-state index contributed by atoms with van der Waals surface area (Å²) in [5, 5.41) is 0. The second-order valence-corrected chi connectivity index (χ2v) is 5.42. The molecule has 0 N–H and O–H groups in total. The predicted octanol–water partition coefficient (Wildman–Crippen LogP) is 3.76. The van der Waals surface area contributed by atoms with Crippen molar-refractivity contribution in [2.75, 3.05) is 18.5 Å². The summed E-state index contributed by atoms with van der Waals surface area (Å²) in [5.41, 5.74) is 2.32. The maximum atomic E-state index is 5.81. The molecule has 0 saturated heterocycles. The van der Waals surface area contributed by atoms with Crippen LogP contribution >= 0.6 is 11.6 Å². The largest absolute Gasteiger partial charge is 0.359 e. The van der Waals surface area contributed by atoms with Crippen LogP contribution in [-0.4, -0.2) is 18.6 Å². The fourth-order valence-corrected chi connectivity index (χ4v) is 2.91. The van der Waals surface area contributed by atoms with Crippen LogP contribution in [0.5, 0.6) is 0 Å². The van der Waals surface area contributed by atoms with Crippen molar-refractivity contribution in [1.82, 2.24) is 4.98 Å². The van der Waals surface area contributed by atoms with E-state index >= 15 is 0 Å². The van der Waals surface area contributed by atoms with Gasteiger partial charge in [0.1, 0.15) is 5.82 Å². The van der Waals surface area contributed by atoms with Gasteiger partial charge in [-0.1, -0.05) is 12.8 Å². The van der Waals surface area contributed by atoms with Crippen molar-refractivity contribution in [3.63, 3.8) is 0 Å². The van der Waals surface area contributed by atoms with E-state index in [1.165, 1.54) is 31.2 Å². The van der Waals surface area contributed by atoms with Crippen LogP contribution in [0.4, 0.5) is 5.82 Å². The van der Waals surface area contributed by atoms with Crippen LogP contribution in [0.15, 0.2) is 12.3 Å². The molecular weight excluding hydrogens is 232 g/mol. The monoisotopic (exact) mass is 252 g/mol. The minimum absolute atomic E-state index is 0.542. The highest BCUT2D eigenvalue weighted by molar-refractivity contribution is 6.17. The molecule has 0 spiro atoms. The van der Waals surface area contributed by atoms with Crippen LogP contribution in [0.3, 0.4) is 0 Å². The van der Waals surface area contributed by atoms with Gasteiger partial charge in [-0.3, -0.25) is 0 Å². The number of rotatable bonds is 4. The molecule has 2 rings (SSSR count). The Balaban J connectivity index is 2.04. The lowest BCUT2D eigenvalue weighted by Crippen LogP contribution is -2.25. The lowest BCUT2D eigenvalue weighted by molar-refractivity contribution is 0.544. The Kier molecular flexibility index (Phi) is 4.27. The van der Waals surface area contributed by atoms with Crippen molar-refractivity contribution in [1.29, 1.82) is 0 Å². The Labute approximate surface area is 109 Å². The Morgan fingerprint density at radius 1 is 1.41 bits per heavy atom. The zero-order valence-electron chi connectivity index (χ0n) is 10.7. The SMILES string of the molecule is Cc1cc(CCl)cnc1N(C)CC1CCCC1. The zero-order valence-corrected chi connectivity index (χ0v) is 11.5. The number of pyridine rings is 1. The van der Waals surface area contributed by atoms with Crippen LogP contribution in [0, 0.1) is 12.8 Å². The summed E-state index contributed by atoms with van der Waals surface area (Å²) in [6.07, 6.45) is 7.44. The Morgan fingerprint density at radius 2 is 2.12 bits per heavy atom. The van der Waals surface area contributed by atoms with Gasteiger partial charge in [-0.15, -0.1) is 11.6 Å². The van der Waals surface area contributed by atoms with E-state index in [-0.39, 0.29) is 0 Å². The molecule has 0 aliphatic heterocycles. The van der Waals surface area contributed by atoms with Crippen molar-refractivity contribution >= 4 is 17.4 Å². The van der Waals surface area contributed by atoms with Crippen molar-refractivity contribution < 1.29 is 0 Å². The average molecular weight is 253 g/mol. The van der Waals surface area contributed by atoms with Gasteiger partial charge in [0.05, 0.1) is 0 Å². The predicted molar refractivity (Wildman–Crippen MR) is 73.8 cm³/mol. The average Bonchev–Trinajstić information content (AvgIpc) is 2.81. The lowest BCUT2D eigenvalue weighted by Gasteiger charge is -2.23. The topological polar surface area (TPSA) is 16.1 Å². The van der Waals surface area contributed by atoms with E-state index in [1.807, 2.05) is 6.20 Å². The molecule has 1 heterocycles. The quantitative estimate of drug-likeness (QED) is 0.759. The fourth-order valence-electron chi connectivity index (χ4n) is 2.77. The molecule has 0 radical (unpaired) electrons. The third-order valence-corrected chi connectivity index (χ3v) is 3.94. The molecule has 0 bridgehead atoms. The number of aryl methyl sites for hydroxylation is 1. The lowest BCUT2D eigenvalue weighted by atomic mass is 10.1. The van der Waals surface area contributed by atoms with Crippen LogP contribution in [0.1, 0.15) is 36.8 Å². The van der Waals surface area contributed by atoms with Gasteiger partial charge in [-0.05, 0) is 42.9 Å². The molecule has 2 nitrogen and oxygen atoms in total. The van der Waals surface area contributed by atoms with Gasteiger partial charge in [0.25, 0.3) is 0 Å². The van der Waals surface area contributed by atoms with Gasteiger partial charge < -0.3 is 4.90 Å². The summed E-state index contributed by atoms with van der Waals surface area (Å²) >= 11 is 5.81. The molecule has 0 atom stereocenters. The number of hydrogen-bond donors (Lipinski definition) is 0. The first-order valence-electron chi connectivity index (χ1n) is 6.43. The third-order valence-electron chi connectivity index (χ3n) is 3.63. The zero-order chi connectivity index (χ0) is 12.3. The van der Waals surface area contributed by atoms with Crippen LogP contribution in [-0.2, 0) is 5.88 Å². The molecule has 1 aliphatic rings. The highest BCUT2D eigenvalue weighted by Crippen LogP contribution is 2.27. The Bertz CT molecular complexity index is 372. The Morgan fingerprint density at radius 3 is 2.71 bits per heavy atom. The van der Waals surface area contributed by atoms with Crippen molar-refractivity contribution in [2.24, 2.45) is 5.92 Å². The number of aromatic nitrogens is 1. The summed E-state index contributed by atoms with van der Waals surface area (Å²) in [6.45, 7) is 3.25. The van der Waals surface area contributed by atoms with E-state index in [2.05, 4.69) is 29.9 Å². The summed E-state index contributed by atoms with van der Waals surface area (Å²) in [7, 11) is 2.15. The molecule has 0 aromatic carbocycles. The summed E-state index contributed by atoms with van der Waals surface area (Å²) in [5.74, 6) is 2.50. The van der Waals surface area contributed by atoms with Crippen molar-refractivity contribution in [2.45, 2.75) is 38.5 Å². The first-order valence-corrected chi connectivity index (χ1v) is 6.96. The summed E-state index contributed by atoms with van der Waals surface area (Å²) < 4.78 is 0. The normalized spacial score (nSPS) is 16.4. The molecule has 1 fully saturated rings. The molecular formula is C14H21ClN2. The minimum Gasteiger partial charge on any atom is -0.359 e. The molecule has 1 aromatic rings. The number of anilines is 1. The maximum absolute atomic E-state index is 5.81. The highest BCUT2D eigenvalue weighted by atomic mass is 35.5. The van der Waals surface area contributed by atoms with Crippen molar-refractivity contribution in [3.05, 3.63) is 23.4 Å². The molecule has 1 aromatic heterocycles. The van der Waals surface area contributed by atoms with Crippen molar-refractivity contribution in [3.8, 4) is 0 Å². The minimum atomic E-state index is 0.542. The van der Waals surface area contributed by atoms with E-state index in [1.54, 1.807) is 0 Å². The second kappa shape index (κ2) is 5.72. The molecule has 0 amide bonds. The molecule has 94 valence electrons. The number of alkyl halides is 1. The van der Waals surface area contributed by atoms with E-state index in [0.717, 1.165) is 23.8 Å². The molecule has 0 unspecified atom stereocenters. The number of hydrogen-bond acceptors (Lipinski definition) is 2. The van der Waals surface area contributed by atoms with E-state index in [0.29, 0.717) is 5.88 Å². The number of nitrogens with zero attached hydrogens (tertiary/aromatic N) is 2. The standard InChI is InChI=1S/C14H21ClN2/c1-11-7-13(8-15)9-16-14(11)17(2)10-12-5-3-4-6-12/h7,9,12H,3-6,8,10H2,1-2H3. The van der Waals surface area contributed by atoms with Gasteiger partial charge in [-0.2, -0.15) is 0 Å². The first kappa shape index (κ1) is 12.7. The van der Waals surface area contributed by atoms with Gasteiger partial charge in [0.15, 0.2) is 0 Å². The molecule has 3 heteroatoms. The van der Waals surface area contributed by atoms with Gasteiger partial charge in [-0.25, -0.2) is 4.98 Å². The van der Waals surface area contributed by atoms with E-state index in [4.69, 9.17) is 11.6 Å². The van der Waals surface area contributed by atoms with Gasteiger partial charge in [0.2, 0.25) is 0 Å². The smallest absolute Gasteiger partial charge is 0.131 e. The van der Waals surface area contributed by atoms with Gasteiger partial charge in [0, 0.05) is 25.7 Å². The van der Waals surface area contributed by atoms with Crippen LogP contribution in [0.2, 0.25) is 0 Å². The Hall–Kier alpha value is -0.760. The maximum Gasteiger partial charge on any atom is 0.131 e. The summed E-state index contributed by atoms with van der Waals surface area (Å²) in [6, 6.07) is 2.14.